The Balaban J connectivity index is 2.01. The summed E-state index contributed by atoms with van der Waals surface area (Å²) in [6.07, 6.45) is 1.56. The highest BCUT2D eigenvalue weighted by molar-refractivity contribution is 7.90. The molecule has 0 unspecified atom stereocenters. The molecule has 0 bridgehead atoms. The zero-order valence-corrected chi connectivity index (χ0v) is 14.9. The molecule has 0 aliphatic carbocycles. The average molecular weight is 365 g/mol. The van der Waals surface area contributed by atoms with Crippen LogP contribution in [0.4, 0.5) is 4.39 Å². The number of halogens is 1. The standard InChI is InChI=1S/C21H16FNO2S/c1-15-7-10-18(11-8-15)26(24,25)23-14-20(16-5-3-2-4-6-16)19-13-17(22)9-12-21(19)23/h2-14H,1H3. The molecule has 1 heterocycles. The number of benzene rings is 3. The van der Waals surface area contributed by atoms with Crippen LogP contribution < -0.4 is 0 Å². The van der Waals surface area contributed by atoms with Gasteiger partial charge >= 0.3 is 0 Å². The lowest BCUT2D eigenvalue weighted by atomic mass is 10.1. The van der Waals surface area contributed by atoms with Crippen LogP contribution in [0, 0.1) is 12.7 Å². The summed E-state index contributed by atoms with van der Waals surface area (Å²) in [4.78, 5) is 0.198. The minimum absolute atomic E-state index is 0.198. The zero-order chi connectivity index (χ0) is 18.3. The van der Waals surface area contributed by atoms with Gasteiger partial charge in [-0.1, -0.05) is 48.0 Å². The Morgan fingerprint density at radius 3 is 2.27 bits per heavy atom. The molecule has 26 heavy (non-hydrogen) atoms. The predicted octanol–water partition coefficient (Wildman–Crippen LogP) is 4.99. The molecule has 3 nitrogen and oxygen atoms in total. The first-order chi connectivity index (χ1) is 12.5. The summed E-state index contributed by atoms with van der Waals surface area (Å²) in [6, 6.07) is 20.2. The lowest BCUT2D eigenvalue weighted by Crippen LogP contribution is -2.11. The monoisotopic (exact) mass is 365 g/mol. The Labute approximate surface area is 151 Å². The van der Waals surface area contributed by atoms with E-state index in [1.807, 2.05) is 37.3 Å². The minimum atomic E-state index is -3.79. The molecular formula is C21H16FNO2S. The van der Waals surface area contributed by atoms with Gasteiger partial charge in [0.1, 0.15) is 5.82 Å². The van der Waals surface area contributed by atoms with Crippen LogP contribution in [-0.4, -0.2) is 12.4 Å². The first-order valence-corrected chi connectivity index (χ1v) is 9.59. The van der Waals surface area contributed by atoms with Crippen molar-refractivity contribution in [1.82, 2.24) is 3.97 Å². The van der Waals surface area contributed by atoms with Crippen LogP contribution >= 0.6 is 0 Å². The number of nitrogens with zero attached hydrogens (tertiary/aromatic N) is 1. The fourth-order valence-electron chi connectivity index (χ4n) is 3.04. The molecule has 0 spiro atoms. The van der Waals surface area contributed by atoms with E-state index in [4.69, 9.17) is 0 Å². The molecule has 0 fully saturated rings. The van der Waals surface area contributed by atoms with E-state index < -0.39 is 15.8 Å². The van der Waals surface area contributed by atoms with Gasteiger partial charge in [0.25, 0.3) is 10.0 Å². The molecule has 1 aromatic heterocycles. The van der Waals surface area contributed by atoms with Crippen molar-refractivity contribution in [1.29, 1.82) is 0 Å². The number of aryl methyl sites for hydroxylation is 1. The van der Waals surface area contributed by atoms with E-state index in [1.165, 1.54) is 22.2 Å². The molecule has 0 aliphatic heterocycles. The summed E-state index contributed by atoms with van der Waals surface area (Å²) in [5.74, 6) is -0.403. The first-order valence-electron chi connectivity index (χ1n) is 8.15. The van der Waals surface area contributed by atoms with Crippen molar-refractivity contribution in [3.05, 3.63) is 90.4 Å². The number of hydrogen-bond acceptors (Lipinski definition) is 2. The molecule has 5 heteroatoms. The fourth-order valence-corrected chi connectivity index (χ4v) is 4.41. The van der Waals surface area contributed by atoms with Gasteiger partial charge < -0.3 is 0 Å². The third-order valence-electron chi connectivity index (χ3n) is 4.40. The second-order valence-corrected chi connectivity index (χ2v) is 8.00. The first kappa shape index (κ1) is 16.5. The Bertz CT molecular complexity index is 1190. The highest BCUT2D eigenvalue weighted by Gasteiger charge is 2.22. The molecule has 0 saturated heterocycles. The number of hydrogen-bond donors (Lipinski definition) is 0. The van der Waals surface area contributed by atoms with Gasteiger partial charge in [0.2, 0.25) is 0 Å². The van der Waals surface area contributed by atoms with E-state index in [2.05, 4.69) is 0 Å². The Morgan fingerprint density at radius 2 is 1.58 bits per heavy atom. The fraction of sp³-hybridized carbons (Fsp3) is 0.0476. The smallest absolute Gasteiger partial charge is 0.241 e. The average Bonchev–Trinajstić information content (AvgIpc) is 3.02. The van der Waals surface area contributed by atoms with Gasteiger partial charge in [-0.05, 0) is 42.8 Å². The Kier molecular flexibility index (Phi) is 3.89. The maximum absolute atomic E-state index is 13.8. The maximum atomic E-state index is 13.8. The molecule has 0 amide bonds. The van der Waals surface area contributed by atoms with Crippen LogP contribution in [0.15, 0.2) is 83.9 Å². The van der Waals surface area contributed by atoms with Crippen molar-refractivity contribution in [3.63, 3.8) is 0 Å². The van der Waals surface area contributed by atoms with E-state index in [9.17, 15) is 12.8 Å². The molecule has 0 saturated carbocycles. The van der Waals surface area contributed by atoms with E-state index >= 15 is 0 Å². The van der Waals surface area contributed by atoms with Crippen LogP contribution in [0.1, 0.15) is 5.56 Å². The molecule has 0 N–H and O–H groups in total. The van der Waals surface area contributed by atoms with E-state index in [0.717, 1.165) is 11.1 Å². The van der Waals surface area contributed by atoms with Crippen molar-refractivity contribution in [2.24, 2.45) is 0 Å². The molecule has 3 aromatic carbocycles. The summed E-state index contributed by atoms with van der Waals surface area (Å²) in [6.45, 7) is 1.90. The lowest BCUT2D eigenvalue weighted by molar-refractivity contribution is 0.589. The molecule has 4 rings (SSSR count). The summed E-state index contributed by atoms with van der Waals surface area (Å²) >= 11 is 0. The highest BCUT2D eigenvalue weighted by Crippen LogP contribution is 2.33. The van der Waals surface area contributed by atoms with Gasteiger partial charge in [-0.3, -0.25) is 0 Å². The summed E-state index contributed by atoms with van der Waals surface area (Å²) < 4.78 is 41.4. The number of fused-ring (bicyclic) bond motifs is 1. The molecule has 0 aliphatic rings. The molecular weight excluding hydrogens is 349 g/mol. The molecule has 4 aromatic rings. The normalized spacial score (nSPS) is 11.8. The summed E-state index contributed by atoms with van der Waals surface area (Å²) in [5.41, 5.74) is 2.94. The van der Waals surface area contributed by atoms with E-state index in [0.29, 0.717) is 16.5 Å². The lowest BCUT2D eigenvalue weighted by Gasteiger charge is -2.07. The third-order valence-corrected chi connectivity index (χ3v) is 6.08. The van der Waals surface area contributed by atoms with E-state index in [-0.39, 0.29) is 4.90 Å². The maximum Gasteiger partial charge on any atom is 0.268 e. The summed E-state index contributed by atoms with van der Waals surface area (Å²) in [5, 5.41) is 0.562. The van der Waals surface area contributed by atoms with Crippen molar-refractivity contribution in [2.75, 3.05) is 0 Å². The van der Waals surface area contributed by atoms with Crippen LogP contribution in [0.5, 0.6) is 0 Å². The van der Waals surface area contributed by atoms with Crippen molar-refractivity contribution < 1.29 is 12.8 Å². The SMILES string of the molecule is Cc1ccc(S(=O)(=O)n2cc(-c3ccccc3)c3cc(F)ccc32)cc1. The minimum Gasteiger partial charge on any atom is -0.241 e. The van der Waals surface area contributed by atoms with Gasteiger partial charge in [-0.15, -0.1) is 0 Å². The van der Waals surface area contributed by atoms with E-state index in [1.54, 1.807) is 30.5 Å². The van der Waals surface area contributed by atoms with Gasteiger partial charge in [0.05, 0.1) is 10.4 Å². The largest absolute Gasteiger partial charge is 0.268 e. The van der Waals surface area contributed by atoms with Crippen molar-refractivity contribution in [2.45, 2.75) is 11.8 Å². The second-order valence-electron chi connectivity index (χ2n) is 6.18. The zero-order valence-electron chi connectivity index (χ0n) is 14.1. The van der Waals surface area contributed by atoms with Crippen LogP contribution in [-0.2, 0) is 10.0 Å². The van der Waals surface area contributed by atoms with Gasteiger partial charge in [0.15, 0.2) is 0 Å². The molecule has 130 valence electrons. The van der Waals surface area contributed by atoms with Crippen LogP contribution in [0.3, 0.4) is 0 Å². The Morgan fingerprint density at radius 1 is 0.885 bits per heavy atom. The number of aromatic nitrogens is 1. The predicted molar refractivity (Wildman–Crippen MR) is 101 cm³/mol. The molecule has 0 atom stereocenters. The topological polar surface area (TPSA) is 39.1 Å². The third kappa shape index (κ3) is 2.70. The van der Waals surface area contributed by atoms with Crippen LogP contribution in [0.2, 0.25) is 0 Å². The van der Waals surface area contributed by atoms with Crippen molar-refractivity contribution in [3.8, 4) is 11.1 Å². The van der Waals surface area contributed by atoms with Gasteiger partial charge in [-0.2, -0.15) is 0 Å². The number of rotatable bonds is 3. The summed E-state index contributed by atoms with van der Waals surface area (Å²) in [7, 11) is -3.79. The molecule has 0 radical (unpaired) electrons. The van der Waals surface area contributed by atoms with Gasteiger partial charge in [0, 0.05) is 17.1 Å². The quantitative estimate of drug-likeness (QED) is 0.513. The second kappa shape index (κ2) is 6.11. The van der Waals surface area contributed by atoms with Crippen LogP contribution in [0.25, 0.3) is 22.0 Å². The van der Waals surface area contributed by atoms with Crippen molar-refractivity contribution >= 4 is 20.9 Å². The van der Waals surface area contributed by atoms with Gasteiger partial charge in [-0.25, -0.2) is 16.8 Å². The Hall–Kier alpha value is -2.92. The highest BCUT2D eigenvalue weighted by atomic mass is 32.2.